The fourth-order valence-electron chi connectivity index (χ4n) is 9.33. The highest BCUT2D eigenvalue weighted by Gasteiger charge is 2.30. The first kappa shape index (κ1) is 33.6. The molecule has 6 heteroatoms. The molecule has 0 N–H and O–H groups in total. The predicted molar refractivity (Wildman–Crippen MR) is 247 cm³/mol. The number of benzene rings is 9. The van der Waals surface area contributed by atoms with Crippen LogP contribution >= 0.6 is 0 Å². The van der Waals surface area contributed by atoms with Crippen molar-refractivity contribution in [3.05, 3.63) is 200 Å². The molecule has 0 unspecified atom stereocenters. The Morgan fingerprint density at radius 1 is 0.377 bits per heavy atom. The van der Waals surface area contributed by atoms with Crippen molar-refractivity contribution in [2.75, 3.05) is 9.80 Å². The molecule has 4 heterocycles. The van der Waals surface area contributed by atoms with E-state index in [9.17, 15) is 0 Å². The molecule has 0 bridgehead atoms. The van der Waals surface area contributed by atoms with Crippen LogP contribution in [0.3, 0.4) is 0 Å². The van der Waals surface area contributed by atoms with Crippen LogP contribution in [-0.2, 0) is 0 Å². The monoisotopic (exact) mass is 783 g/mol. The Morgan fingerprint density at radius 2 is 0.984 bits per heavy atom. The average molecular weight is 784 g/mol. The topological polar surface area (TPSA) is 51.0 Å². The lowest BCUT2D eigenvalue weighted by atomic mass is 9.88. The molecule has 13 rings (SSSR count). The molecule has 0 fully saturated rings. The molecular weight excluding hydrogens is 751 g/mol. The molecule has 6 nitrogen and oxygen atoms in total. The van der Waals surface area contributed by atoms with Crippen molar-refractivity contribution in [3.8, 4) is 45.3 Å². The number of aromatic nitrogens is 1. The van der Waals surface area contributed by atoms with Crippen LogP contribution in [0.2, 0.25) is 0 Å². The van der Waals surface area contributed by atoms with E-state index < -0.39 is 0 Å². The van der Waals surface area contributed by atoms with E-state index in [2.05, 4.69) is 155 Å². The van der Waals surface area contributed by atoms with Gasteiger partial charge in [0.2, 0.25) is 0 Å². The third-order valence-corrected chi connectivity index (χ3v) is 12.1. The lowest BCUT2D eigenvalue weighted by Crippen LogP contribution is -2.12. The van der Waals surface area contributed by atoms with E-state index in [1.54, 1.807) is 0 Å². The van der Waals surface area contributed by atoms with Crippen LogP contribution in [0.4, 0.5) is 34.3 Å². The number of hydrogen-bond acceptors (Lipinski definition) is 6. The van der Waals surface area contributed by atoms with E-state index in [1.807, 2.05) is 54.7 Å². The third-order valence-electron chi connectivity index (χ3n) is 12.1. The minimum absolute atomic E-state index is 0.785. The Kier molecular flexibility index (Phi) is 7.21. The summed E-state index contributed by atoms with van der Waals surface area (Å²) in [7, 11) is 0. The second-order valence-corrected chi connectivity index (χ2v) is 15.5. The summed E-state index contributed by atoms with van der Waals surface area (Å²) in [5, 5.41) is 6.60. The highest BCUT2D eigenvalue weighted by atomic mass is 16.5. The van der Waals surface area contributed by atoms with Crippen molar-refractivity contribution in [3.63, 3.8) is 0 Å². The van der Waals surface area contributed by atoms with Gasteiger partial charge < -0.3 is 18.8 Å². The van der Waals surface area contributed by atoms with Gasteiger partial charge in [-0.1, -0.05) is 84.9 Å². The van der Waals surface area contributed by atoms with Crippen molar-refractivity contribution < 1.29 is 13.9 Å². The Labute approximate surface area is 350 Å². The summed E-state index contributed by atoms with van der Waals surface area (Å²) < 4.78 is 20.3. The Morgan fingerprint density at radius 3 is 1.72 bits per heavy atom. The first-order valence-electron chi connectivity index (χ1n) is 20.4. The summed E-state index contributed by atoms with van der Waals surface area (Å²) in [6.07, 6.45) is 1.82. The van der Waals surface area contributed by atoms with Crippen molar-refractivity contribution in [2.24, 2.45) is 0 Å². The summed E-state index contributed by atoms with van der Waals surface area (Å²) in [5.74, 6) is 4.00. The number of fused-ring (bicyclic) bond motifs is 8. The number of rotatable bonds is 6. The van der Waals surface area contributed by atoms with Gasteiger partial charge in [-0.2, -0.15) is 0 Å². The zero-order chi connectivity index (χ0) is 40.0. The zero-order valence-electron chi connectivity index (χ0n) is 32.6. The second-order valence-electron chi connectivity index (χ2n) is 15.5. The number of pyridine rings is 1. The minimum Gasteiger partial charge on any atom is -0.456 e. The summed E-state index contributed by atoms with van der Waals surface area (Å²) in [4.78, 5) is 9.14. The molecule has 2 aromatic heterocycles. The summed E-state index contributed by atoms with van der Waals surface area (Å²) in [6.45, 7) is 0. The number of nitrogens with zero attached hydrogens (tertiary/aromatic N) is 3. The molecule has 0 amide bonds. The Bertz CT molecular complexity index is 3520. The lowest BCUT2D eigenvalue weighted by molar-refractivity contribution is 0.480. The Balaban J connectivity index is 0.935. The number of hydrogen-bond donors (Lipinski definition) is 0. The maximum absolute atomic E-state index is 6.91. The highest BCUT2D eigenvalue weighted by Crippen LogP contribution is 2.56. The number of anilines is 6. The molecule has 0 aliphatic carbocycles. The standard InChI is InChI=1S/C55H33N3O3/c1-2-13-36(14-3-1)58(52-19-8-9-30-56-52)39-23-25-42-44-27-28-48-53-43(26-29-49(54(44)53)60-51(42)33-39)41-24-22-38(32-50(41)59-48)57(37-21-20-34-11-4-5-12-35(34)31-37)46-17-10-16-45-40-15-6-7-18-47(40)61-55(45)46/h1-33H. The van der Waals surface area contributed by atoms with Crippen molar-refractivity contribution in [2.45, 2.75) is 0 Å². The fourth-order valence-corrected chi connectivity index (χ4v) is 9.33. The lowest BCUT2D eigenvalue weighted by Gasteiger charge is -2.30. The van der Waals surface area contributed by atoms with Gasteiger partial charge in [-0.25, -0.2) is 4.98 Å². The van der Waals surface area contributed by atoms with Gasteiger partial charge in [-0.3, -0.25) is 4.90 Å². The first-order chi connectivity index (χ1) is 30.2. The van der Waals surface area contributed by atoms with Crippen LogP contribution < -0.4 is 19.3 Å². The molecule has 9 aromatic carbocycles. The molecule has 2 aliphatic heterocycles. The van der Waals surface area contributed by atoms with E-state index in [1.165, 1.54) is 5.39 Å². The van der Waals surface area contributed by atoms with Crippen molar-refractivity contribution >= 4 is 77.7 Å². The molecule has 0 radical (unpaired) electrons. The van der Waals surface area contributed by atoms with Gasteiger partial charge in [-0.05, 0) is 119 Å². The molecule has 0 saturated heterocycles. The number of ether oxygens (including phenoxy) is 2. The van der Waals surface area contributed by atoms with Gasteiger partial charge in [0, 0.05) is 62.4 Å². The van der Waals surface area contributed by atoms with Crippen molar-refractivity contribution in [1.29, 1.82) is 0 Å². The van der Waals surface area contributed by atoms with Crippen LogP contribution in [0.5, 0.6) is 23.0 Å². The molecular formula is C55H33N3O3. The van der Waals surface area contributed by atoms with Crippen LogP contribution in [-0.4, -0.2) is 4.98 Å². The SMILES string of the molecule is c1ccc(N(c2ccc3c(c2)Oc2ccc4c5c(ccc-3c25)Oc2cc(N(c3ccc5ccccc5c3)c3cccc5c3oc3ccccc35)ccc2-4)c2ccccn2)cc1. The summed E-state index contributed by atoms with van der Waals surface area (Å²) >= 11 is 0. The highest BCUT2D eigenvalue weighted by molar-refractivity contribution is 6.15. The second kappa shape index (κ2) is 13.1. The van der Waals surface area contributed by atoms with Crippen LogP contribution in [0.1, 0.15) is 0 Å². The van der Waals surface area contributed by atoms with Crippen LogP contribution in [0.15, 0.2) is 205 Å². The predicted octanol–water partition coefficient (Wildman–Crippen LogP) is 15.8. The van der Waals surface area contributed by atoms with Gasteiger partial charge in [0.15, 0.2) is 5.58 Å². The van der Waals surface area contributed by atoms with E-state index in [4.69, 9.17) is 18.9 Å². The smallest absolute Gasteiger partial charge is 0.159 e. The molecule has 61 heavy (non-hydrogen) atoms. The van der Waals surface area contributed by atoms with E-state index >= 15 is 0 Å². The van der Waals surface area contributed by atoms with Gasteiger partial charge in [0.25, 0.3) is 0 Å². The van der Waals surface area contributed by atoms with Crippen LogP contribution in [0, 0.1) is 0 Å². The van der Waals surface area contributed by atoms with E-state index in [-0.39, 0.29) is 0 Å². The molecule has 2 aliphatic rings. The number of furan rings is 1. The third kappa shape index (κ3) is 5.19. The molecule has 11 aromatic rings. The zero-order valence-corrected chi connectivity index (χ0v) is 32.6. The Hall–Kier alpha value is -8.35. The van der Waals surface area contributed by atoms with Gasteiger partial charge in [0.05, 0.1) is 17.1 Å². The first-order valence-corrected chi connectivity index (χ1v) is 20.4. The summed E-state index contributed by atoms with van der Waals surface area (Å²) in [5.41, 5.74) is 10.9. The van der Waals surface area contributed by atoms with E-state index in [0.29, 0.717) is 0 Å². The maximum atomic E-state index is 6.91. The molecule has 0 atom stereocenters. The normalized spacial score (nSPS) is 12.2. The quantitative estimate of drug-likeness (QED) is 0.167. The number of para-hydroxylation sites is 3. The van der Waals surface area contributed by atoms with E-state index in [0.717, 1.165) is 118 Å². The van der Waals surface area contributed by atoms with Gasteiger partial charge in [0.1, 0.15) is 34.4 Å². The molecule has 0 saturated carbocycles. The average Bonchev–Trinajstić information content (AvgIpc) is 3.70. The summed E-state index contributed by atoms with van der Waals surface area (Å²) in [6, 6.07) is 67.4. The molecule has 0 spiro atoms. The van der Waals surface area contributed by atoms with Crippen molar-refractivity contribution in [1.82, 2.24) is 4.98 Å². The largest absolute Gasteiger partial charge is 0.456 e. The maximum Gasteiger partial charge on any atom is 0.159 e. The minimum atomic E-state index is 0.785. The fraction of sp³-hybridized carbons (Fsp3) is 0. The van der Waals surface area contributed by atoms with Gasteiger partial charge >= 0.3 is 0 Å². The molecule has 286 valence electrons. The van der Waals surface area contributed by atoms with Gasteiger partial charge in [-0.15, -0.1) is 0 Å². The van der Waals surface area contributed by atoms with Crippen LogP contribution in [0.25, 0.3) is 65.7 Å².